The molecule has 0 saturated heterocycles. The molecule has 1 aromatic carbocycles. The lowest BCUT2D eigenvalue weighted by Crippen LogP contribution is -2.31. The van der Waals surface area contributed by atoms with Crippen molar-refractivity contribution in [2.45, 2.75) is 78.8 Å². The molecule has 1 heteroatoms. The van der Waals surface area contributed by atoms with Gasteiger partial charge in [-0.25, -0.2) is 0 Å². The SMILES string of the molecule is Cc1ccc([C@@H](C)NC2CCCC(C(C)(C)C)CC2)cc1. The minimum atomic E-state index is 0.460. The summed E-state index contributed by atoms with van der Waals surface area (Å²) in [5, 5.41) is 3.87. The van der Waals surface area contributed by atoms with E-state index in [1.165, 1.54) is 43.2 Å². The zero-order valence-electron chi connectivity index (χ0n) is 14.6. The van der Waals surface area contributed by atoms with Crippen molar-refractivity contribution in [1.29, 1.82) is 0 Å². The van der Waals surface area contributed by atoms with Crippen LogP contribution in [0.25, 0.3) is 0 Å². The Morgan fingerprint density at radius 2 is 1.67 bits per heavy atom. The molecular weight excluding hydrogens is 254 g/mol. The van der Waals surface area contributed by atoms with E-state index in [2.05, 4.69) is 64.2 Å². The molecule has 118 valence electrons. The van der Waals surface area contributed by atoms with E-state index < -0.39 is 0 Å². The quantitative estimate of drug-likeness (QED) is 0.709. The molecule has 21 heavy (non-hydrogen) atoms. The van der Waals surface area contributed by atoms with Gasteiger partial charge in [-0.3, -0.25) is 0 Å². The summed E-state index contributed by atoms with van der Waals surface area (Å²) in [7, 11) is 0. The molecule has 0 heterocycles. The third kappa shape index (κ3) is 4.85. The van der Waals surface area contributed by atoms with E-state index in [0.29, 0.717) is 17.5 Å². The predicted octanol–water partition coefficient (Wildman–Crippen LogP) is 5.64. The van der Waals surface area contributed by atoms with Gasteiger partial charge in [-0.15, -0.1) is 0 Å². The van der Waals surface area contributed by atoms with Gasteiger partial charge in [0.2, 0.25) is 0 Å². The van der Waals surface area contributed by atoms with Crippen LogP contribution in [0.3, 0.4) is 0 Å². The van der Waals surface area contributed by atoms with Crippen molar-refractivity contribution in [2.75, 3.05) is 0 Å². The van der Waals surface area contributed by atoms with E-state index in [1.807, 2.05) is 0 Å². The third-order valence-electron chi connectivity index (χ3n) is 5.26. The summed E-state index contributed by atoms with van der Waals surface area (Å²) >= 11 is 0. The molecule has 0 bridgehead atoms. The lowest BCUT2D eigenvalue weighted by molar-refractivity contribution is 0.213. The topological polar surface area (TPSA) is 12.0 Å². The first-order valence-electron chi connectivity index (χ1n) is 8.69. The van der Waals surface area contributed by atoms with Crippen LogP contribution < -0.4 is 5.32 Å². The smallest absolute Gasteiger partial charge is 0.0294 e. The zero-order chi connectivity index (χ0) is 15.5. The summed E-state index contributed by atoms with van der Waals surface area (Å²) in [6, 6.07) is 10.1. The van der Waals surface area contributed by atoms with Gasteiger partial charge < -0.3 is 5.32 Å². The third-order valence-corrected chi connectivity index (χ3v) is 5.26. The first kappa shape index (κ1) is 16.5. The normalized spacial score (nSPS) is 25.4. The Morgan fingerprint density at radius 3 is 2.29 bits per heavy atom. The molecule has 2 rings (SSSR count). The van der Waals surface area contributed by atoms with Crippen LogP contribution in [0.15, 0.2) is 24.3 Å². The van der Waals surface area contributed by atoms with E-state index in [0.717, 1.165) is 5.92 Å². The fourth-order valence-electron chi connectivity index (χ4n) is 3.64. The van der Waals surface area contributed by atoms with Crippen molar-refractivity contribution in [3.8, 4) is 0 Å². The molecule has 1 nitrogen and oxygen atoms in total. The average Bonchev–Trinajstić information content (AvgIpc) is 2.64. The van der Waals surface area contributed by atoms with E-state index in [4.69, 9.17) is 0 Å². The molecule has 0 spiro atoms. The highest BCUT2D eigenvalue weighted by atomic mass is 14.9. The lowest BCUT2D eigenvalue weighted by Gasteiger charge is -2.30. The van der Waals surface area contributed by atoms with Crippen molar-refractivity contribution < 1.29 is 0 Å². The first-order chi connectivity index (χ1) is 9.86. The Kier molecular flexibility index (Phi) is 5.48. The first-order valence-corrected chi connectivity index (χ1v) is 8.69. The summed E-state index contributed by atoms with van der Waals surface area (Å²) < 4.78 is 0. The van der Waals surface area contributed by atoms with Crippen molar-refractivity contribution in [3.05, 3.63) is 35.4 Å². The molecule has 1 fully saturated rings. The van der Waals surface area contributed by atoms with Gasteiger partial charge in [0, 0.05) is 12.1 Å². The largest absolute Gasteiger partial charge is 0.307 e. The Labute approximate surface area is 131 Å². The summed E-state index contributed by atoms with van der Waals surface area (Å²) in [6.07, 6.45) is 6.82. The predicted molar refractivity (Wildman–Crippen MR) is 92.5 cm³/mol. The van der Waals surface area contributed by atoms with Crippen LogP contribution in [0.5, 0.6) is 0 Å². The van der Waals surface area contributed by atoms with Crippen molar-refractivity contribution in [2.24, 2.45) is 11.3 Å². The molecule has 1 saturated carbocycles. The van der Waals surface area contributed by atoms with E-state index in [9.17, 15) is 0 Å². The van der Waals surface area contributed by atoms with Gasteiger partial charge in [0.25, 0.3) is 0 Å². The Morgan fingerprint density at radius 1 is 1.00 bits per heavy atom. The summed E-state index contributed by atoms with van der Waals surface area (Å²) in [5.74, 6) is 0.888. The maximum Gasteiger partial charge on any atom is 0.0294 e. The average molecular weight is 287 g/mol. The summed E-state index contributed by atoms with van der Waals surface area (Å²) in [4.78, 5) is 0. The minimum absolute atomic E-state index is 0.460. The highest BCUT2D eigenvalue weighted by Gasteiger charge is 2.28. The fraction of sp³-hybridized carbons (Fsp3) is 0.700. The summed E-state index contributed by atoms with van der Waals surface area (Å²) in [5.41, 5.74) is 3.22. The molecule has 2 unspecified atom stereocenters. The van der Waals surface area contributed by atoms with E-state index in [-0.39, 0.29) is 0 Å². The monoisotopic (exact) mass is 287 g/mol. The molecule has 0 aromatic heterocycles. The standard InChI is InChI=1S/C20H33N/c1-15-9-11-17(12-10-15)16(2)21-19-8-6-7-18(13-14-19)20(3,4)5/h9-12,16,18-19,21H,6-8,13-14H2,1-5H3/t16-,18?,19?/m1/s1. The molecule has 1 aliphatic carbocycles. The number of rotatable bonds is 3. The second-order valence-corrected chi connectivity index (χ2v) is 8.07. The molecular formula is C20H33N. The molecule has 1 aromatic rings. The molecule has 0 amide bonds. The van der Waals surface area contributed by atoms with Crippen LogP contribution in [0.1, 0.15) is 77.0 Å². The van der Waals surface area contributed by atoms with Gasteiger partial charge in [0.1, 0.15) is 0 Å². The fourth-order valence-corrected chi connectivity index (χ4v) is 3.64. The summed E-state index contributed by atoms with van der Waals surface area (Å²) in [6.45, 7) is 11.7. The molecule has 3 atom stereocenters. The maximum absolute atomic E-state index is 3.87. The van der Waals surface area contributed by atoms with Crippen LogP contribution in [-0.4, -0.2) is 6.04 Å². The minimum Gasteiger partial charge on any atom is -0.307 e. The van der Waals surface area contributed by atoms with Crippen LogP contribution in [0, 0.1) is 18.3 Å². The van der Waals surface area contributed by atoms with Crippen LogP contribution in [0.4, 0.5) is 0 Å². The van der Waals surface area contributed by atoms with E-state index in [1.54, 1.807) is 0 Å². The van der Waals surface area contributed by atoms with Crippen LogP contribution in [0.2, 0.25) is 0 Å². The van der Waals surface area contributed by atoms with Gasteiger partial charge in [0.15, 0.2) is 0 Å². The molecule has 0 radical (unpaired) electrons. The van der Waals surface area contributed by atoms with Crippen molar-refractivity contribution in [3.63, 3.8) is 0 Å². The Hall–Kier alpha value is -0.820. The number of aryl methyl sites for hydroxylation is 1. The van der Waals surface area contributed by atoms with Crippen LogP contribution in [-0.2, 0) is 0 Å². The van der Waals surface area contributed by atoms with Gasteiger partial charge in [-0.1, -0.05) is 57.0 Å². The van der Waals surface area contributed by atoms with Crippen molar-refractivity contribution >= 4 is 0 Å². The Bertz CT molecular complexity index is 426. The molecule has 1 N–H and O–H groups in total. The van der Waals surface area contributed by atoms with Crippen molar-refractivity contribution in [1.82, 2.24) is 5.32 Å². The highest BCUT2D eigenvalue weighted by molar-refractivity contribution is 5.23. The van der Waals surface area contributed by atoms with Gasteiger partial charge in [-0.2, -0.15) is 0 Å². The maximum atomic E-state index is 3.87. The second kappa shape index (κ2) is 6.96. The molecule has 0 aliphatic heterocycles. The van der Waals surface area contributed by atoms with Gasteiger partial charge in [0.05, 0.1) is 0 Å². The van der Waals surface area contributed by atoms with Gasteiger partial charge in [-0.05, 0) is 56.4 Å². The highest BCUT2D eigenvalue weighted by Crippen LogP contribution is 2.37. The number of hydrogen-bond acceptors (Lipinski definition) is 1. The number of hydrogen-bond donors (Lipinski definition) is 1. The van der Waals surface area contributed by atoms with Crippen LogP contribution >= 0.6 is 0 Å². The lowest BCUT2D eigenvalue weighted by atomic mass is 9.76. The number of benzene rings is 1. The second-order valence-electron chi connectivity index (χ2n) is 8.07. The van der Waals surface area contributed by atoms with Gasteiger partial charge >= 0.3 is 0 Å². The zero-order valence-corrected chi connectivity index (χ0v) is 14.6. The molecule has 1 aliphatic rings. The number of nitrogens with one attached hydrogen (secondary N) is 1. The Balaban J connectivity index is 1.90. The van der Waals surface area contributed by atoms with E-state index >= 15 is 0 Å².